The second-order valence-corrected chi connectivity index (χ2v) is 9.20. The summed E-state index contributed by atoms with van der Waals surface area (Å²) in [6.07, 6.45) is 12.0. The molecule has 0 aliphatic heterocycles. The third-order valence-corrected chi connectivity index (χ3v) is 6.68. The normalized spacial score (nSPS) is 42.2. The van der Waals surface area contributed by atoms with Crippen LogP contribution in [-0.2, 0) is 0 Å². The monoisotopic (exact) mass is 305 g/mol. The summed E-state index contributed by atoms with van der Waals surface area (Å²) in [6, 6.07) is 1.10. The predicted octanol–water partition coefficient (Wildman–Crippen LogP) is 4.43. The Morgan fingerprint density at radius 3 is 2.36 bits per heavy atom. The van der Waals surface area contributed by atoms with Gasteiger partial charge >= 0.3 is 0 Å². The maximum atomic E-state index is 10.9. The minimum atomic E-state index is -0.328. The number of hydrogen-bond donors (Lipinski definition) is 2. The van der Waals surface area contributed by atoms with Crippen molar-refractivity contribution >= 4 is 0 Å². The van der Waals surface area contributed by atoms with Crippen LogP contribution in [0.25, 0.3) is 0 Å². The fourth-order valence-corrected chi connectivity index (χ4v) is 6.10. The molecule has 4 aliphatic rings. The molecule has 4 saturated carbocycles. The number of nitrogens with one attached hydrogen (secondary N) is 1. The Bertz CT molecular complexity index is 423. The van der Waals surface area contributed by atoms with Gasteiger partial charge in [-0.25, -0.2) is 0 Å². The third-order valence-electron chi connectivity index (χ3n) is 6.68. The molecule has 2 heteroatoms. The molecule has 2 N–H and O–H groups in total. The van der Waals surface area contributed by atoms with Gasteiger partial charge in [-0.1, -0.05) is 11.6 Å². The van der Waals surface area contributed by atoms with Crippen molar-refractivity contribution in [3.8, 4) is 0 Å². The number of allylic oxidation sites excluding steroid dienone is 2. The van der Waals surface area contributed by atoms with E-state index < -0.39 is 0 Å². The standard InChI is InChI=1S/C20H35NO/c1-14(2)6-5-7-15(3)21-16(4)19-9-17-8-18(10-19)12-20(22,11-17)13-19/h6,15-18,21-22H,5,7-13H2,1-4H3/t15-,16+,17+,18+,19?,20?/m1/s1. The summed E-state index contributed by atoms with van der Waals surface area (Å²) in [5.74, 6) is 1.58. The Morgan fingerprint density at radius 1 is 1.18 bits per heavy atom. The minimum absolute atomic E-state index is 0.328. The molecule has 0 saturated heterocycles. The smallest absolute Gasteiger partial charge is 0.0659 e. The topological polar surface area (TPSA) is 32.3 Å². The first-order chi connectivity index (χ1) is 10.3. The molecule has 0 heterocycles. The number of rotatable bonds is 6. The SMILES string of the molecule is CC(C)=CCC[C@@H](C)N[C@@H](C)C12C[C@@H]3C[C@H](CC(O)(C3)C1)C2. The summed E-state index contributed by atoms with van der Waals surface area (Å²) >= 11 is 0. The molecule has 0 radical (unpaired) electrons. The molecule has 0 amide bonds. The van der Waals surface area contributed by atoms with Crippen molar-refractivity contribution in [3.63, 3.8) is 0 Å². The lowest BCUT2D eigenvalue weighted by Crippen LogP contribution is -2.61. The quantitative estimate of drug-likeness (QED) is 0.711. The van der Waals surface area contributed by atoms with Gasteiger partial charge in [0.25, 0.3) is 0 Å². The molecule has 0 aromatic rings. The maximum absolute atomic E-state index is 10.9. The fraction of sp³-hybridized carbons (Fsp3) is 0.900. The molecule has 4 atom stereocenters. The average molecular weight is 306 g/mol. The van der Waals surface area contributed by atoms with Gasteiger partial charge in [-0.3, -0.25) is 0 Å². The summed E-state index contributed by atoms with van der Waals surface area (Å²) < 4.78 is 0. The van der Waals surface area contributed by atoms with Crippen molar-refractivity contribution in [3.05, 3.63) is 11.6 Å². The number of aliphatic hydroxyl groups is 1. The van der Waals surface area contributed by atoms with E-state index in [0.717, 1.165) is 31.1 Å². The van der Waals surface area contributed by atoms with Crippen molar-refractivity contribution in [2.45, 2.75) is 96.7 Å². The number of hydrogen-bond acceptors (Lipinski definition) is 2. The Kier molecular flexibility index (Phi) is 4.46. The first-order valence-electron chi connectivity index (χ1n) is 9.42. The van der Waals surface area contributed by atoms with Gasteiger partial charge in [0.05, 0.1) is 5.60 Å². The highest BCUT2D eigenvalue weighted by Gasteiger charge is 2.58. The largest absolute Gasteiger partial charge is 0.390 e. The van der Waals surface area contributed by atoms with Crippen molar-refractivity contribution in [1.82, 2.24) is 5.32 Å². The van der Waals surface area contributed by atoms with Crippen LogP contribution in [0.3, 0.4) is 0 Å². The Labute approximate surface area is 136 Å². The molecule has 4 aliphatic carbocycles. The van der Waals surface area contributed by atoms with Gasteiger partial charge in [0.1, 0.15) is 0 Å². The second kappa shape index (κ2) is 5.94. The zero-order valence-corrected chi connectivity index (χ0v) is 15.0. The van der Waals surface area contributed by atoms with Gasteiger partial charge in [-0.05, 0) is 96.3 Å². The van der Waals surface area contributed by atoms with Crippen LogP contribution in [0, 0.1) is 17.3 Å². The third kappa shape index (κ3) is 3.28. The van der Waals surface area contributed by atoms with Crippen molar-refractivity contribution in [2.75, 3.05) is 0 Å². The minimum Gasteiger partial charge on any atom is -0.390 e. The van der Waals surface area contributed by atoms with Gasteiger partial charge in [-0.2, -0.15) is 0 Å². The molecular formula is C20H35NO. The van der Waals surface area contributed by atoms with Crippen LogP contribution in [0.5, 0.6) is 0 Å². The van der Waals surface area contributed by atoms with Crippen LogP contribution in [-0.4, -0.2) is 22.8 Å². The second-order valence-electron chi connectivity index (χ2n) is 9.20. The van der Waals surface area contributed by atoms with Crippen LogP contribution in [0.1, 0.15) is 79.1 Å². The predicted molar refractivity (Wildman–Crippen MR) is 92.8 cm³/mol. The van der Waals surface area contributed by atoms with Crippen LogP contribution >= 0.6 is 0 Å². The molecule has 4 fully saturated rings. The van der Waals surface area contributed by atoms with Crippen molar-refractivity contribution in [1.29, 1.82) is 0 Å². The van der Waals surface area contributed by atoms with Gasteiger partial charge in [0.15, 0.2) is 0 Å². The molecule has 4 bridgehead atoms. The van der Waals surface area contributed by atoms with E-state index in [1.165, 1.54) is 37.7 Å². The summed E-state index contributed by atoms with van der Waals surface area (Å²) in [7, 11) is 0. The van der Waals surface area contributed by atoms with E-state index in [1.54, 1.807) is 0 Å². The van der Waals surface area contributed by atoms with Crippen molar-refractivity contribution in [2.24, 2.45) is 17.3 Å². The van der Waals surface area contributed by atoms with Gasteiger partial charge in [0.2, 0.25) is 0 Å². The van der Waals surface area contributed by atoms with E-state index in [2.05, 4.69) is 39.1 Å². The van der Waals surface area contributed by atoms with Crippen LogP contribution in [0.15, 0.2) is 11.6 Å². The zero-order valence-electron chi connectivity index (χ0n) is 15.0. The van der Waals surface area contributed by atoms with E-state index in [9.17, 15) is 5.11 Å². The van der Waals surface area contributed by atoms with E-state index >= 15 is 0 Å². The summed E-state index contributed by atoms with van der Waals surface area (Å²) in [4.78, 5) is 0. The van der Waals surface area contributed by atoms with Crippen LogP contribution in [0.2, 0.25) is 0 Å². The molecule has 4 rings (SSSR count). The van der Waals surface area contributed by atoms with E-state index in [0.29, 0.717) is 17.5 Å². The lowest BCUT2D eigenvalue weighted by atomic mass is 9.46. The lowest BCUT2D eigenvalue weighted by Gasteiger charge is -2.62. The Hall–Kier alpha value is -0.340. The van der Waals surface area contributed by atoms with E-state index in [1.807, 2.05) is 0 Å². The van der Waals surface area contributed by atoms with Gasteiger partial charge in [0, 0.05) is 12.1 Å². The van der Waals surface area contributed by atoms with E-state index in [-0.39, 0.29) is 5.60 Å². The molecule has 22 heavy (non-hydrogen) atoms. The average Bonchev–Trinajstić information content (AvgIpc) is 2.34. The Morgan fingerprint density at radius 2 is 1.82 bits per heavy atom. The molecule has 0 spiro atoms. The molecule has 0 aromatic heterocycles. The maximum Gasteiger partial charge on any atom is 0.0659 e. The first-order valence-corrected chi connectivity index (χ1v) is 9.42. The van der Waals surface area contributed by atoms with Crippen LogP contribution in [0.4, 0.5) is 0 Å². The van der Waals surface area contributed by atoms with Gasteiger partial charge in [-0.15, -0.1) is 0 Å². The molecule has 2 nitrogen and oxygen atoms in total. The van der Waals surface area contributed by atoms with Crippen molar-refractivity contribution < 1.29 is 5.11 Å². The van der Waals surface area contributed by atoms with E-state index in [4.69, 9.17) is 0 Å². The summed E-state index contributed by atoms with van der Waals surface area (Å²) in [5.41, 5.74) is 1.46. The zero-order chi connectivity index (χ0) is 16.0. The molecule has 126 valence electrons. The highest BCUT2D eigenvalue weighted by Crippen LogP contribution is 2.62. The molecular weight excluding hydrogens is 270 g/mol. The lowest BCUT2D eigenvalue weighted by molar-refractivity contribution is -0.172. The fourth-order valence-electron chi connectivity index (χ4n) is 6.10. The highest BCUT2D eigenvalue weighted by molar-refractivity contribution is 5.11. The Balaban J connectivity index is 1.60. The van der Waals surface area contributed by atoms with Gasteiger partial charge < -0.3 is 10.4 Å². The summed E-state index contributed by atoms with van der Waals surface area (Å²) in [6.45, 7) is 9.06. The summed E-state index contributed by atoms with van der Waals surface area (Å²) in [5, 5.41) is 14.8. The molecule has 0 unspecified atom stereocenters. The molecule has 0 aromatic carbocycles. The first kappa shape index (κ1) is 16.5. The van der Waals surface area contributed by atoms with Crippen LogP contribution < -0.4 is 5.32 Å². The highest BCUT2D eigenvalue weighted by atomic mass is 16.3.